The lowest BCUT2D eigenvalue weighted by molar-refractivity contribution is -0.119. The van der Waals surface area contributed by atoms with E-state index in [1.54, 1.807) is 6.08 Å². The molecule has 1 fully saturated rings. The monoisotopic (exact) mass is 152 g/mol. The maximum atomic E-state index is 13.0. The van der Waals surface area contributed by atoms with Crippen LogP contribution in [0.3, 0.4) is 0 Å². The molecular formula is C9H9FO. The van der Waals surface area contributed by atoms with E-state index in [1.807, 2.05) is 6.08 Å². The lowest BCUT2D eigenvalue weighted by Gasteiger charge is -2.15. The fraction of sp³-hybridized carbons (Fsp3) is 0.444. The molecule has 2 rings (SSSR count). The summed E-state index contributed by atoms with van der Waals surface area (Å²) in [6.45, 7) is 0. The van der Waals surface area contributed by atoms with E-state index in [0.717, 1.165) is 0 Å². The van der Waals surface area contributed by atoms with E-state index >= 15 is 0 Å². The molecule has 0 aliphatic heterocycles. The fourth-order valence-corrected chi connectivity index (χ4v) is 1.81. The third-order valence-corrected chi connectivity index (χ3v) is 2.44. The van der Waals surface area contributed by atoms with Crippen molar-refractivity contribution < 1.29 is 9.18 Å². The number of hydrogen-bond donors (Lipinski definition) is 0. The van der Waals surface area contributed by atoms with Crippen molar-refractivity contribution in [3.8, 4) is 0 Å². The molecule has 0 aromatic rings. The molecular weight excluding hydrogens is 143 g/mol. The Morgan fingerprint density at radius 3 is 3.09 bits per heavy atom. The molecule has 0 bridgehead atoms. The molecule has 1 saturated carbocycles. The Kier molecular flexibility index (Phi) is 1.41. The van der Waals surface area contributed by atoms with Crippen molar-refractivity contribution in [2.24, 2.45) is 11.8 Å². The number of fused-ring (bicyclic) bond motifs is 1. The molecule has 0 N–H and O–H groups in total. The number of ketones is 1. The summed E-state index contributed by atoms with van der Waals surface area (Å²) in [5.41, 5.74) is 0. The predicted octanol–water partition coefficient (Wildman–Crippen LogP) is 2.00. The average Bonchev–Trinajstić information content (AvgIpc) is 2.35. The van der Waals surface area contributed by atoms with Gasteiger partial charge in [0.15, 0.2) is 0 Å². The summed E-state index contributed by atoms with van der Waals surface area (Å²) in [5.74, 6) is -0.217. The lowest BCUT2D eigenvalue weighted by Crippen LogP contribution is -2.14. The van der Waals surface area contributed by atoms with Gasteiger partial charge in [-0.1, -0.05) is 12.2 Å². The highest BCUT2D eigenvalue weighted by Crippen LogP contribution is 2.37. The van der Waals surface area contributed by atoms with Gasteiger partial charge >= 0.3 is 0 Å². The van der Waals surface area contributed by atoms with Crippen molar-refractivity contribution in [3.05, 3.63) is 24.1 Å². The van der Waals surface area contributed by atoms with Gasteiger partial charge in [-0.15, -0.1) is 0 Å². The summed E-state index contributed by atoms with van der Waals surface area (Å²) in [5, 5.41) is 0. The van der Waals surface area contributed by atoms with Crippen LogP contribution in [0.2, 0.25) is 0 Å². The standard InChI is InChI=1S/C9H9FO/c10-8-3-1-2-7-6(8)4-5-9(7)11/h1-3,6-7H,4-5H2/t6-,7?/m0/s1. The van der Waals surface area contributed by atoms with E-state index in [-0.39, 0.29) is 23.4 Å². The highest BCUT2D eigenvalue weighted by Gasteiger charge is 2.36. The van der Waals surface area contributed by atoms with Crippen LogP contribution < -0.4 is 0 Å². The van der Waals surface area contributed by atoms with Crippen LogP contribution in [-0.2, 0) is 4.79 Å². The van der Waals surface area contributed by atoms with Gasteiger partial charge in [-0.2, -0.15) is 0 Å². The van der Waals surface area contributed by atoms with Crippen LogP contribution in [0, 0.1) is 11.8 Å². The molecule has 0 saturated heterocycles. The second kappa shape index (κ2) is 2.29. The maximum Gasteiger partial charge on any atom is 0.140 e. The molecule has 2 atom stereocenters. The zero-order chi connectivity index (χ0) is 7.84. The first-order valence-electron chi connectivity index (χ1n) is 3.85. The summed E-state index contributed by atoms with van der Waals surface area (Å²) >= 11 is 0. The minimum atomic E-state index is -0.153. The molecule has 58 valence electrons. The lowest BCUT2D eigenvalue weighted by atomic mass is 9.90. The first kappa shape index (κ1) is 6.77. The molecule has 0 spiro atoms. The number of carbonyl (C=O) groups is 1. The smallest absolute Gasteiger partial charge is 0.140 e. The SMILES string of the molecule is O=C1CC[C@@H]2C(F)=CC=CC12. The van der Waals surface area contributed by atoms with E-state index < -0.39 is 0 Å². The summed E-state index contributed by atoms with van der Waals surface area (Å²) in [6.07, 6.45) is 6.14. The normalized spacial score (nSPS) is 35.4. The van der Waals surface area contributed by atoms with Crippen LogP contribution in [0.15, 0.2) is 24.1 Å². The van der Waals surface area contributed by atoms with Gasteiger partial charge in [-0.25, -0.2) is 4.39 Å². The topological polar surface area (TPSA) is 17.1 Å². The van der Waals surface area contributed by atoms with E-state index in [9.17, 15) is 9.18 Å². The second-order valence-electron chi connectivity index (χ2n) is 3.07. The van der Waals surface area contributed by atoms with Gasteiger partial charge in [0.2, 0.25) is 0 Å². The van der Waals surface area contributed by atoms with Crippen molar-refractivity contribution in [2.75, 3.05) is 0 Å². The van der Waals surface area contributed by atoms with Crippen LogP contribution >= 0.6 is 0 Å². The maximum absolute atomic E-state index is 13.0. The Hall–Kier alpha value is -0.920. The number of rotatable bonds is 0. The molecule has 0 heterocycles. The van der Waals surface area contributed by atoms with Gasteiger partial charge in [-0.05, 0) is 12.5 Å². The average molecular weight is 152 g/mol. The van der Waals surface area contributed by atoms with Crippen LogP contribution in [-0.4, -0.2) is 5.78 Å². The quantitative estimate of drug-likeness (QED) is 0.519. The van der Waals surface area contributed by atoms with Gasteiger partial charge in [0.25, 0.3) is 0 Å². The van der Waals surface area contributed by atoms with E-state index in [1.165, 1.54) is 6.08 Å². The molecule has 0 radical (unpaired) electrons. The molecule has 0 aromatic carbocycles. The Balaban J connectivity index is 2.31. The van der Waals surface area contributed by atoms with E-state index in [4.69, 9.17) is 0 Å². The van der Waals surface area contributed by atoms with E-state index in [0.29, 0.717) is 12.8 Å². The zero-order valence-electron chi connectivity index (χ0n) is 6.09. The van der Waals surface area contributed by atoms with Crippen LogP contribution in [0.4, 0.5) is 4.39 Å². The molecule has 2 aliphatic rings. The minimum absolute atomic E-state index is 0.122. The molecule has 0 amide bonds. The molecule has 2 heteroatoms. The minimum Gasteiger partial charge on any atom is -0.299 e. The molecule has 2 aliphatic carbocycles. The first-order valence-corrected chi connectivity index (χ1v) is 3.85. The molecule has 1 nitrogen and oxygen atoms in total. The third kappa shape index (κ3) is 0.934. The predicted molar refractivity (Wildman–Crippen MR) is 39.6 cm³/mol. The van der Waals surface area contributed by atoms with Gasteiger partial charge < -0.3 is 0 Å². The third-order valence-electron chi connectivity index (χ3n) is 2.44. The largest absolute Gasteiger partial charge is 0.299 e. The van der Waals surface area contributed by atoms with Crippen LogP contribution in [0.5, 0.6) is 0 Å². The Morgan fingerprint density at radius 2 is 2.36 bits per heavy atom. The molecule has 1 unspecified atom stereocenters. The Labute approximate surface area is 64.6 Å². The highest BCUT2D eigenvalue weighted by atomic mass is 19.1. The van der Waals surface area contributed by atoms with Crippen LogP contribution in [0.25, 0.3) is 0 Å². The number of Topliss-reactive ketones (excluding diaryl/α,β-unsaturated/α-hetero) is 1. The number of halogens is 1. The van der Waals surface area contributed by atoms with E-state index in [2.05, 4.69) is 0 Å². The Bertz CT molecular complexity index is 252. The van der Waals surface area contributed by atoms with Crippen molar-refractivity contribution >= 4 is 5.78 Å². The van der Waals surface area contributed by atoms with Gasteiger partial charge in [-0.3, -0.25) is 4.79 Å². The Morgan fingerprint density at radius 1 is 1.55 bits per heavy atom. The number of carbonyl (C=O) groups excluding carboxylic acids is 1. The van der Waals surface area contributed by atoms with Crippen molar-refractivity contribution in [1.29, 1.82) is 0 Å². The first-order chi connectivity index (χ1) is 5.29. The van der Waals surface area contributed by atoms with Gasteiger partial charge in [0, 0.05) is 18.3 Å². The van der Waals surface area contributed by atoms with Crippen LogP contribution in [0.1, 0.15) is 12.8 Å². The number of allylic oxidation sites excluding steroid dienone is 4. The summed E-state index contributed by atoms with van der Waals surface area (Å²) < 4.78 is 13.0. The number of hydrogen-bond acceptors (Lipinski definition) is 1. The van der Waals surface area contributed by atoms with Crippen molar-refractivity contribution in [1.82, 2.24) is 0 Å². The summed E-state index contributed by atoms with van der Waals surface area (Å²) in [6, 6.07) is 0. The fourth-order valence-electron chi connectivity index (χ4n) is 1.81. The highest BCUT2D eigenvalue weighted by molar-refractivity contribution is 5.86. The molecule has 11 heavy (non-hydrogen) atoms. The second-order valence-corrected chi connectivity index (χ2v) is 3.07. The van der Waals surface area contributed by atoms with Crippen molar-refractivity contribution in [2.45, 2.75) is 12.8 Å². The van der Waals surface area contributed by atoms with Crippen molar-refractivity contribution in [3.63, 3.8) is 0 Å². The molecule has 0 aromatic heterocycles. The zero-order valence-corrected chi connectivity index (χ0v) is 6.09. The summed E-state index contributed by atoms with van der Waals surface area (Å²) in [4.78, 5) is 11.1. The van der Waals surface area contributed by atoms with Gasteiger partial charge in [0.1, 0.15) is 11.6 Å². The van der Waals surface area contributed by atoms with Gasteiger partial charge in [0.05, 0.1) is 0 Å². The summed E-state index contributed by atoms with van der Waals surface area (Å²) in [7, 11) is 0.